The molecule has 0 aliphatic rings. The van der Waals surface area contributed by atoms with E-state index in [4.69, 9.17) is 0 Å². The average Bonchev–Trinajstić information content (AvgIpc) is 2.65. The van der Waals surface area contributed by atoms with E-state index in [1.54, 1.807) is 29.2 Å². The highest BCUT2D eigenvalue weighted by atomic mass is 16.1. The van der Waals surface area contributed by atoms with Crippen molar-refractivity contribution in [2.24, 2.45) is 7.05 Å². The van der Waals surface area contributed by atoms with Gasteiger partial charge in [0, 0.05) is 18.8 Å². The van der Waals surface area contributed by atoms with Crippen LogP contribution >= 0.6 is 0 Å². The minimum Gasteiger partial charge on any atom is -0.319 e. The SMILES string of the molecule is Cc1ccc(C(=O)Nc2cnn(C)c2)cc1. The molecule has 1 aromatic carbocycles. The first-order valence-electron chi connectivity index (χ1n) is 5.02. The van der Waals surface area contributed by atoms with Gasteiger partial charge in [0.15, 0.2) is 0 Å². The maximum Gasteiger partial charge on any atom is 0.255 e. The number of aryl methyl sites for hydroxylation is 2. The predicted octanol–water partition coefficient (Wildman–Crippen LogP) is 1.98. The Morgan fingerprint density at radius 2 is 2.00 bits per heavy atom. The molecule has 0 unspecified atom stereocenters. The number of aromatic nitrogens is 2. The van der Waals surface area contributed by atoms with Gasteiger partial charge in [0.1, 0.15) is 0 Å². The van der Waals surface area contributed by atoms with E-state index in [9.17, 15) is 4.79 Å². The number of anilines is 1. The normalized spacial score (nSPS) is 10.1. The number of rotatable bonds is 2. The maximum absolute atomic E-state index is 11.8. The minimum absolute atomic E-state index is 0.118. The summed E-state index contributed by atoms with van der Waals surface area (Å²) in [4.78, 5) is 11.8. The molecule has 0 bridgehead atoms. The van der Waals surface area contributed by atoms with E-state index in [1.165, 1.54) is 0 Å². The first-order chi connectivity index (χ1) is 7.65. The molecule has 2 rings (SSSR count). The van der Waals surface area contributed by atoms with Crippen molar-refractivity contribution in [3.8, 4) is 0 Å². The van der Waals surface area contributed by atoms with Crippen molar-refractivity contribution in [3.63, 3.8) is 0 Å². The minimum atomic E-state index is -0.118. The molecule has 0 aliphatic carbocycles. The molecule has 2 aromatic rings. The highest BCUT2D eigenvalue weighted by Gasteiger charge is 2.06. The lowest BCUT2D eigenvalue weighted by atomic mass is 10.1. The van der Waals surface area contributed by atoms with Gasteiger partial charge in [-0.3, -0.25) is 9.48 Å². The molecule has 0 aliphatic heterocycles. The number of hydrogen-bond donors (Lipinski definition) is 1. The fraction of sp³-hybridized carbons (Fsp3) is 0.167. The second-order valence-electron chi connectivity index (χ2n) is 3.72. The van der Waals surface area contributed by atoms with Crippen molar-refractivity contribution in [3.05, 3.63) is 47.8 Å². The van der Waals surface area contributed by atoms with Gasteiger partial charge in [0.05, 0.1) is 11.9 Å². The third-order valence-corrected chi connectivity index (χ3v) is 2.28. The predicted molar refractivity (Wildman–Crippen MR) is 62.3 cm³/mol. The van der Waals surface area contributed by atoms with Crippen LogP contribution in [0.1, 0.15) is 15.9 Å². The van der Waals surface area contributed by atoms with Gasteiger partial charge in [-0.25, -0.2) is 0 Å². The van der Waals surface area contributed by atoms with Crippen LogP contribution in [0.25, 0.3) is 0 Å². The molecule has 0 radical (unpaired) electrons. The molecule has 0 spiro atoms. The monoisotopic (exact) mass is 215 g/mol. The molecule has 1 heterocycles. The van der Waals surface area contributed by atoms with E-state index in [0.29, 0.717) is 11.3 Å². The molecular weight excluding hydrogens is 202 g/mol. The molecule has 0 fully saturated rings. The van der Waals surface area contributed by atoms with Gasteiger partial charge in [-0.15, -0.1) is 0 Å². The molecule has 1 N–H and O–H groups in total. The highest BCUT2D eigenvalue weighted by molar-refractivity contribution is 6.04. The van der Waals surface area contributed by atoms with Gasteiger partial charge >= 0.3 is 0 Å². The smallest absolute Gasteiger partial charge is 0.255 e. The fourth-order valence-corrected chi connectivity index (χ4v) is 1.39. The van der Waals surface area contributed by atoms with E-state index in [-0.39, 0.29) is 5.91 Å². The summed E-state index contributed by atoms with van der Waals surface area (Å²) < 4.78 is 1.64. The molecule has 4 heteroatoms. The molecule has 0 atom stereocenters. The third-order valence-electron chi connectivity index (χ3n) is 2.28. The zero-order chi connectivity index (χ0) is 11.5. The van der Waals surface area contributed by atoms with Crippen LogP contribution in [0.5, 0.6) is 0 Å². The average molecular weight is 215 g/mol. The standard InChI is InChI=1S/C12H13N3O/c1-9-3-5-10(6-4-9)12(16)14-11-7-13-15(2)8-11/h3-8H,1-2H3,(H,14,16). The summed E-state index contributed by atoms with van der Waals surface area (Å²) >= 11 is 0. The lowest BCUT2D eigenvalue weighted by molar-refractivity contribution is 0.102. The summed E-state index contributed by atoms with van der Waals surface area (Å²) in [7, 11) is 1.81. The molecule has 16 heavy (non-hydrogen) atoms. The van der Waals surface area contributed by atoms with Gasteiger partial charge in [-0.1, -0.05) is 17.7 Å². The van der Waals surface area contributed by atoms with Crippen molar-refractivity contribution < 1.29 is 4.79 Å². The topological polar surface area (TPSA) is 46.9 Å². The van der Waals surface area contributed by atoms with Crippen LogP contribution in [0.15, 0.2) is 36.7 Å². The first kappa shape index (κ1) is 10.4. The summed E-state index contributed by atoms with van der Waals surface area (Å²) in [5.41, 5.74) is 2.49. The summed E-state index contributed by atoms with van der Waals surface area (Å²) in [6.45, 7) is 1.99. The van der Waals surface area contributed by atoms with Crippen molar-refractivity contribution in [1.29, 1.82) is 0 Å². The number of carbonyl (C=O) groups is 1. The summed E-state index contributed by atoms with van der Waals surface area (Å²) in [6.07, 6.45) is 3.37. The number of amides is 1. The van der Waals surface area contributed by atoms with Crippen LogP contribution in [0.3, 0.4) is 0 Å². The Morgan fingerprint density at radius 3 is 2.56 bits per heavy atom. The van der Waals surface area contributed by atoms with Gasteiger partial charge in [0.2, 0.25) is 0 Å². The lowest BCUT2D eigenvalue weighted by Gasteiger charge is -2.02. The largest absolute Gasteiger partial charge is 0.319 e. The van der Waals surface area contributed by atoms with E-state index < -0.39 is 0 Å². The number of nitrogens with one attached hydrogen (secondary N) is 1. The first-order valence-corrected chi connectivity index (χ1v) is 5.02. The summed E-state index contributed by atoms with van der Waals surface area (Å²) in [5, 5.41) is 6.76. The van der Waals surface area contributed by atoms with Crippen molar-refractivity contribution in [1.82, 2.24) is 9.78 Å². The lowest BCUT2D eigenvalue weighted by Crippen LogP contribution is -2.11. The Kier molecular flexibility index (Phi) is 2.72. The Bertz CT molecular complexity index is 499. The zero-order valence-electron chi connectivity index (χ0n) is 9.27. The molecule has 82 valence electrons. The van der Waals surface area contributed by atoms with E-state index in [0.717, 1.165) is 5.56 Å². The number of carbonyl (C=O) groups excluding carboxylic acids is 1. The summed E-state index contributed by atoms with van der Waals surface area (Å²) in [5.74, 6) is -0.118. The number of nitrogens with zero attached hydrogens (tertiary/aromatic N) is 2. The number of hydrogen-bond acceptors (Lipinski definition) is 2. The second-order valence-corrected chi connectivity index (χ2v) is 3.72. The molecule has 0 saturated carbocycles. The molecule has 0 saturated heterocycles. The fourth-order valence-electron chi connectivity index (χ4n) is 1.39. The van der Waals surface area contributed by atoms with Gasteiger partial charge < -0.3 is 5.32 Å². The highest BCUT2D eigenvalue weighted by Crippen LogP contribution is 2.08. The van der Waals surface area contributed by atoms with Crippen LogP contribution in [-0.4, -0.2) is 15.7 Å². The Balaban J connectivity index is 2.11. The summed E-state index contributed by atoms with van der Waals surface area (Å²) in [6, 6.07) is 7.44. The molecule has 4 nitrogen and oxygen atoms in total. The van der Waals surface area contributed by atoms with E-state index in [1.807, 2.05) is 26.1 Å². The van der Waals surface area contributed by atoms with Crippen LogP contribution in [0.2, 0.25) is 0 Å². The van der Waals surface area contributed by atoms with Gasteiger partial charge in [0.25, 0.3) is 5.91 Å². The molecule has 1 aromatic heterocycles. The third kappa shape index (κ3) is 2.28. The van der Waals surface area contributed by atoms with Crippen LogP contribution in [0, 0.1) is 6.92 Å². The molecule has 1 amide bonds. The molecular formula is C12H13N3O. The van der Waals surface area contributed by atoms with Crippen molar-refractivity contribution in [2.45, 2.75) is 6.92 Å². The van der Waals surface area contributed by atoms with Gasteiger partial charge in [-0.05, 0) is 19.1 Å². The Morgan fingerprint density at radius 1 is 1.31 bits per heavy atom. The van der Waals surface area contributed by atoms with Crippen LogP contribution in [-0.2, 0) is 7.05 Å². The zero-order valence-corrected chi connectivity index (χ0v) is 9.27. The van der Waals surface area contributed by atoms with Crippen molar-refractivity contribution in [2.75, 3.05) is 5.32 Å². The van der Waals surface area contributed by atoms with Gasteiger partial charge in [-0.2, -0.15) is 5.10 Å². The van der Waals surface area contributed by atoms with Crippen LogP contribution < -0.4 is 5.32 Å². The van der Waals surface area contributed by atoms with Crippen molar-refractivity contribution >= 4 is 11.6 Å². The second kappa shape index (κ2) is 4.18. The maximum atomic E-state index is 11.8. The van der Waals surface area contributed by atoms with Crippen LogP contribution in [0.4, 0.5) is 5.69 Å². The Labute approximate surface area is 93.9 Å². The Hall–Kier alpha value is -2.10. The number of benzene rings is 1. The quantitative estimate of drug-likeness (QED) is 0.832. The van der Waals surface area contributed by atoms with E-state index >= 15 is 0 Å². The van der Waals surface area contributed by atoms with E-state index in [2.05, 4.69) is 10.4 Å².